The van der Waals surface area contributed by atoms with Crippen molar-refractivity contribution in [3.63, 3.8) is 0 Å². The minimum Gasteiger partial charge on any atom is -0.381 e. The Morgan fingerprint density at radius 3 is 2.27 bits per heavy atom. The fourth-order valence-electron chi connectivity index (χ4n) is 1.20. The lowest BCUT2D eigenvalue weighted by molar-refractivity contribution is -0.131. The molecule has 0 unspecified atom stereocenters. The molecule has 11 heavy (non-hydrogen) atoms. The van der Waals surface area contributed by atoms with Crippen molar-refractivity contribution in [3.05, 3.63) is 0 Å². The second kappa shape index (κ2) is 3.69. The zero-order chi connectivity index (χ0) is 8.27. The maximum absolute atomic E-state index is 10.8. The number of carbonyl (C=O) groups is 1. The van der Waals surface area contributed by atoms with Crippen molar-refractivity contribution in [2.24, 2.45) is 0 Å². The van der Waals surface area contributed by atoms with E-state index in [0.717, 1.165) is 26.2 Å². The van der Waals surface area contributed by atoms with Gasteiger partial charge < -0.3 is 10.0 Å². The predicted octanol–water partition coefficient (Wildman–Crippen LogP) is -0.900. The van der Waals surface area contributed by atoms with Gasteiger partial charge in [0.05, 0.1) is 6.73 Å². The topological polar surface area (TPSA) is 43.8 Å². The molecule has 0 atom stereocenters. The first-order valence-corrected chi connectivity index (χ1v) is 3.83. The largest absolute Gasteiger partial charge is 0.381 e. The van der Waals surface area contributed by atoms with Gasteiger partial charge in [0, 0.05) is 33.1 Å². The predicted molar refractivity (Wildman–Crippen MR) is 40.9 cm³/mol. The Morgan fingerprint density at radius 2 is 1.91 bits per heavy atom. The Hall–Kier alpha value is -0.610. The summed E-state index contributed by atoms with van der Waals surface area (Å²) in [5.41, 5.74) is 0. The first-order chi connectivity index (χ1) is 5.24. The van der Waals surface area contributed by atoms with Crippen LogP contribution in [0, 0.1) is 0 Å². The Morgan fingerprint density at radius 1 is 1.36 bits per heavy atom. The fraction of sp³-hybridized carbons (Fsp3) is 0.857. The molecule has 1 amide bonds. The number of piperazine rings is 1. The molecule has 1 rings (SSSR count). The number of carbonyl (C=O) groups excluding carboxylic acids is 1. The van der Waals surface area contributed by atoms with E-state index in [1.54, 1.807) is 11.8 Å². The minimum absolute atomic E-state index is 0.103. The van der Waals surface area contributed by atoms with Crippen LogP contribution in [0.5, 0.6) is 0 Å². The number of nitrogens with zero attached hydrogens (tertiary/aromatic N) is 2. The smallest absolute Gasteiger partial charge is 0.219 e. The summed E-state index contributed by atoms with van der Waals surface area (Å²) in [5.74, 6) is 0.127. The SMILES string of the molecule is CC(=O)N1CCN(CO)CC1. The van der Waals surface area contributed by atoms with Gasteiger partial charge in [0.15, 0.2) is 0 Å². The molecule has 0 spiro atoms. The van der Waals surface area contributed by atoms with Gasteiger partial charge in [0.1, 0.15) is 0 Å². The van der Waals surface area contributed by atoms with E-state index in [4.69, 9.17) is 5.11 Å². The molecule has 1 saturated heterocycles. The van der Waals surface area contributed by atoms with E-state index in [-0.39, 0.29) is 12.6 Å². The third-order valence-electron chi connectivity index (χ3n) is 2.02. The minimum atomic E-state index is 0.103. The molecule has 0 aromatic rings. The maximum atomic E-state index is 10.8. The highest BCUT2D eigenvalue weighted by atomic mass is 16.3. The summed E-state index contributed by atoms with van der Waals surface area (Å²) in [5, 5.41) is 8.74. The maximum Gasteiger partial charge on any atom is 0.219 e. The Kier molecular flexibility index (Phi) is 2.84. The van der Waals surface area contributed by atoms with Gasteiger partial charge in [0.2, 0.25) is 5.91 Å². The Bertz CT molecular complexity index is 141. The molecule has 0 aromatic heterocycles. The van der Waals surface area contributed by atoms with Crippen LogP contribution in [0.2, 0.25) is 0 Å². The first-order valence-electron chi connectivity index (χ1n) is 3.83. The van der Waals surface area contributed by atoms with Crippen molar-refractivity contribution in [2.75, 3.05) is 32.9 Å². The molecule has 0 radical (unpaired) electrons. The first kappa shape index (κ1) is 8.49. The molecule has 1 heterocycles. The number of aliphatic hydroxyl groups is 1. The van der Waals surface area contributed by atoms with Crippen LogP contribution in [-0.2, 0) is 4.79 Å². The van der Waals surface area contributed by atoms with Gasteiger partial charge in [-0.3, -0.25) is 9.69 Å². The number of aliphatic hydroxyl groups excluding tert-OH is 1. The van der Waals surface area contributed by atoms with Gasteiger partial charge in [0.25, 0.3) is 0 Å². The van der Waals surface area contributed by atoms with E-state index in [9.17, 15) is 4.79 Å². The summed E-state index contributed by atoms with van der Waals surface area (Å²) < 4.78 is 0. The van der Waals surface area contributed by atoms with E-state index in [2.05, 4.69) is 0 Å². The van der Waals surface area contributed by atoms with Crippen molar-refractivity contribution < 1.29 is 9.90 Å². The third kappa shape index (κ3) is 2.17. The second-order valence-corrected chi connectivity index (χ2v) is 2.77. The average Bonchev–Trinajstić information content (AvgIpc) is 2.05. The number of rotatable bonds is 1. The van der Waals surface area contributed by atoms with E-state index in [1.165, 1.54) is 0 Å². The Balaban J connectivity index is 2.30. The molecule has 4 nitrogen and oxygen atoms in total. The van der Waals surface area contributed by atoms with Gasteiger partial charge in [-0.25, -0.2) is 0 Å². The Labute approximate surface area is 66.4 Å². The van der Waals surface area contributed by atoms with Crippen molar-refractivity contribution in [1.29, 1.82) is 0 Å². The molecule has 0 bridgehead atoms. The zero-order valence-electron chi connectivity index (χ0n) is 6.79. The molecule has 1 aliphatic heterocycles. The summed E-state index contributed by atoms with van der Waals surface area (Å²) in [6.45, 7) is 4.75. The third-order valence-corrected chi connectivity index (χ3v) is 2.02. The standard InChI is InChI=1S/C7H14N2O2/c1-7(11)9-4-2-8(6-10)3-5-9/h10H,2-6H2,1H3. The summed E-state index contributed by atoms with van der Waals surface area (Å²) in [4.78, 5) is 14.6. The van der Waals surface area contributed by atoms with Gasteiger partial charge in [-0.2, -0.15) is 0 Å². The van der Waals surface area contributed by atoms with Crippen LogP contribution in [0.25, 0.3) is 0 Å². The van der Waals surface area contributed by atoms with Gasteiger partial charge >= 0.3 is 0 Å². The van der Waals surface area contributed by atoms with E-state index in [1.807, 2.05) is 4.90 Å². The highest BCUT2D eigenvalue weighted by Crippen LogP contribution is 1.99. The van der Waals surface area contributed by atoms with E-state index in [0.29, 0.717) is 0 Å². The highest BCUT2D eigenvalue weighted by Gasteiger charge is 2.16. The van der Waals surface area contributed by atoms with Crippen molar-refractivity contribution in [2.45, 2.75) is 6.92 Å². The van der Waals surface area contributed by atoms with Gasteiger partial charge in [-0.15, -0.1) is 0 Å². The number of amides is 1. The molecule has 0 saturated carbocycles. The molecule has 1 N–H and O–H groups in total. The van der Waals surface area contributed by atoms with Crippen LogP contribution in [-0.4, -0.2) is 53.7 Å². The molecule has 4 heteroatoms. The fourth-order valence-corrected chi connectivity index (χ4v) is 1.20. The summed E-state index contributed by atoms with van der Waals surface area (Å²) >= 11 is 0. The number of hydrogen-bond acceptors (Lipinski definition) is 3. The lowest BCUT2D eigenvalue weighted by Gasteiger charge is -2.32. The quantitative estimate of drug-likeness (QED) is 0.538. The van der Waals surface area contributed by atoms with Crippen molar-refractivity contribution >= 4 is 5.91 Å². The van der Waals surface area contributed by atoms with Gasteiger partial charge in [-0.1, -0.05) is 0 Å². The van der Waals surface area contributed by atoms with Crippen LogP contribution >= 0.6 is 0 Å². The summed E-state index contributed by atoms with van der Waals surface area (Å²) in [6.07, 6.45) is 0. The molecule has 64 valence electrons. The van der Waals surface area contributed by atoms with E-state index < -0.39 is 0 Å². The van der Waals surface area contributed by atoms with Crippen LogP contribution < -0.4 is 0 Å². The molecular formula is C7H14N2O2. The van der Waals surface area contributed by atoms with Crippen LogP contribution in [0.15, 0.2) is 0 Å². The zero-order valence-corrected chi connectivity index (χ0v) is 6.79. The summed E-state index contributed by atoms with van der Waals surface area (Å²) in [6, 6.07) is 0. The van der Waals surface area contributed by atoms with E-state index >= 15 is 0 Å². The second-order valence-electron chi connectivity index (χ2n) is 2.77. The van der Waals surface area contributed by atoms with Gasteiger partial charge in [-0.05, 0) is 0 Å². The van der Waals surface area contributed by atoms with Crippen molar-refractivity contribution in [3.8, 4) is 0 Å². The lowest BCUT2D eigenvalue weighted by atomic mass is 10.3. The lowest BCUT2D eigenvalue weighted by Crippen LogP contribution is -2.48. The molecule has 1 aliphatic rings. The van der Waals surface area contributed by atoms with Crippen LogP contribution in [0.3, 0.4) is 0 Å². The molecule has 1 fully saturated rings. The molecule has 0 aromatic carbocycles. The summed E-state index contributed by atoms with van der Waals surface area (Å²) in [7, 11) is 0. The molecular weight excluding hydrogens is 144 g/mol. The van der Waals surface area contributed by atoms with Crippen LogP contribution in [0.1, 0.15) is 6.92 Å². The van der Waals surface area contributed by atoms with Crippen molar-refractivity contribution in [1.82, 2.24) is 9.80 Å². The number of hydrogen-bond donors (Lipinski definition) is 1. The highest BCUT2D eigenvalue weighted by molar-refractivity contribution is 5.73. The average molecular weight is 158 g/mol. The van der Waals surface area contributed by atoms with Crippen LogP contribution in [0.4, 0.5) is 0 Å². The normalized spacial score (nSPS) is 20.4. The molecule has 0 aliphatic carbocycles. The monoisotopic (exact) mass is 158 g/mol.